The van der Waals surface area contributed by atoms with Gasteiger partial charge in [-0.2, -0.15) is 0 Å². The fourth-order valence-electron chi connectivity index (χ4n) is 10.7. The van der Waals surface area contributed by atoms with E-state index in [9.17, 15) is 0 Å². The van der Waals surface area contributed by atoms with Crippen LogP contribution in [0.15, 0.2) is 182 Å². The Morgan fingerprint density at radius 1 is 0.475 bits per heavy atom. The highest BCUT2D eigenvalue weighted by Gasteiger charge is 2.29. The van der Waals surface area contributed by atoms with Gasteiger partial charge < -0.3 is 4.74 Å². The summed E-state index contributed by atoms with van der Waals surface area (Å²) in [5, 5.41) is 1.77. The highest BCUT2D eigenvalue weighted by Crippen LogP contribution is 2.44. The molecule has 0 amide bonds. The van der Waals surface area contributed by atoms with Crippen LogP contribution in [0.4, 0.5) is 0 Å². The highest BCUT2D eigenvalue weighted by molar-refractivity contribution is 6.09. The second-order valence-corrected chi connectivity index (χ2v) is 26.7. The zero-order chi connectivity index (χ0) is 63.7. The van der Waals surface area contributed by atoms with E-state index in [1.54, 1.807) is 0 Å². The molecule has 0 N–H and O–H groups in total. The Kier molecular flexibility index (Phi) is 11.0. The van der Waals surface area contributed by atoms with E-state index in [0.29, 0.717) is 17.0 Å². The molecule has 3 aromatic heterocycles. The molecule has 5 heteroatoms. The molecule has 0 aliphatic carbocycles. The van der Waals surface area contributed by atoms with Crippen molar-refractivity contribution in [3.63, 3.8) is 0 Å². The molecule has 11 aromatic rings. The number of hydrogen-bond donors (Lipinski definition) is 0. The van der Waals surface area contributed by atoms with Gasteiger partial charge in [-0.25, -0.2) is 4.98 Å². The van der Waals surface area contributed by atoms with Crippen molar-refractivity contribution in [2.45, 2.75) is 138 Å². The van der Waals surface area contributed by atoms with Crippen molar-refractivity contribution in [1.29, 1.82) is 0 Å². The molecule has 0 fully saturated rings. The zero-order valence-corrected chi connectivity index (χ0v) is 49.1. The summed E-state index contributed by atoms with van der Waals surface area (Å²) in [5.41, 5.74) is 14.8. The Balaban J connectivity index is 1.10. The van der Waals surface area contributed by atoms with Crippen molar-refractivity contribution >= 4 is 32.8 Å². The van der Waals surface area contributed by atoms with Crippen molar-refractivity contribution in [2.24, 2.45) is 0 Å². The Labute approximate surface area is 486 Å². The quantitative estimate of drug-likeness (QED) is 0.112. The second-order valence-electron chi connectivity index (χ2n) is 26.7. The molecule has 0 atom stereocenters. The maximum atomic E-state index is 8.71. The average molecular weight is 1060 g/mol. The summed E-state index contributed by atoms with van der Waals surface area (Å²) in [6.07, 6.45) is 5.26. The van der Waals surface area contributed by atoms with Gasteiger partial charge in [-0.05, 0) is 138 Å². The predicted molar refractivity (Wildman–Crippen MR) is 337 cm³/mol. The standard InChI is InChI=1S/C75H78N4O/c1-48-35-69(76-46-64(48)49-25-18-17-19-26-49)79-65-30-21-20-29-60(65)61-34-33-59(45-68(61)79)80-58-28-24-27-57(44-58)77-47-78(67-32-23-22-31-66(67)77)70-62(50-36-52(71(2,3)4)40-53(37-50)72(5,6)7)42-56(75(14,15)16)43-63(70)51-38-54(73(8,9)10)41-55(39-51)74(11,12)13/h17-46H,1-16H3/i1D3,17D,18D,19D,25D,26D. The molecule has 8 aromatic carbocycles. The average Bonchev–Trinajstić information content (AvgIpc) is 1.44. The Bertz CT molecular complexity index is 4420. The van der Waals surface area contributed by atoms with Crippen molar-refractivity contribution in [2.75, 3.05) is 0 Å². The number of aryl methyl sites for hydroxylation is 1. The molecule has 11 rings (SSSR count). The fraction of sp³-hybridized carbons (Fsp3) is 0.280. The van der Waals surface area contributed by atoms with Gasteiger partial charge in [0.2, 0.25) is 0 Å². The van der Waals surface area contributed by atoms with E-state index in [1.165, 1.54) is 40.1 Å². The van der Waals surface area contributed by atoms with Gasteiger partial charge in [-0.3, -0.25) is 13.7 Å². The van der Waals surface area contributed by atoms with E-state index in [1.807, 2.05) is 65.2 Å². The monoisotopic (exact) mass is 1060 g/mol. The number of rotatable bonds is 8. The van der Waals surface area contributed by atoms with E-state index in [0.717, 1.165) is 61.0 Å². The van der Waals surface area contributed by atoms with Gasteiger partial charge in [0.15, 0.2) is 0 Å². The minimum absolute atomic E-state index is 0.0656. The van der Waals surface area contributed by atoms with Crippen LogP contribution in [0.1, 0.15) is 148 Å². The summed E-state index contributed by atoms with van der Waals surface area (Å²) in [6, 6.07) is 48.1. The fourth-order valence-corrected chi connectivity index (χ4v) is 10.7. The number of pyridine rings is 1. The molecule has 0 spiro atoms. The number of benzene rings is 8. The van der Waals surface area contributed by atoms with Crippen LogP contribution < -0.4 is 9.30 Å². The summed E-state index contributed by atoms with van der Waals surface area (Å²) in [5.74, 6) is 1.36. The van der Waals surface area contributed by atoms with Crippen LogP contribution in [0.3, 0.4) is 0 Å². The third-order valence-electron chi connectivity index (χ3n) is 15.6. The SMILES string of the molecule is [2H]c1c([2H])c([2H])c(-c2cnc(-n3c4ccccc4c4ccc(Oc5cccc(-n6[c-][n+](-c7c(-c8cc(C(C)(C)C)cc(C(C)(C)C)c8)cc(C(C)(C)C)cc7-c7cc(C(C)(C)C)cc(C(C)(C)C)c7)c7ccccc76)c5)cc43)cc2C([2H])([2H])[2H])c([2H])c1[2H]. The minimum Gasteiger partial charge on any atom is -0.458 e. The third-order valence-corrected chi connectivity index (χ3v) is 15.6. The van der Waals surface area contributed by atoms with Gasteiger partial charge in [0.1, 0.15) is 17.3 Å². The molecular weight excluding hydrogens is 973 g/mol. The van der Waals surface area contributed by atoms with Crippen LogP contribution in [0.5, 0.6) is 11.5 Å². The molecule has 404 valence electrons. The van der Waals surface area contributed by atoms with E-state index in [4.69, 9.17) is 20.7 Å². The first-order valence-electron chi connectivity index (χ1n) is 31.9. The lowest BCUT2D eigenvalue weighted by atomic mass is 9.76. The van der Waals surface area contributed by atoms with Crippen LogP contribution in [-0.2, 0) is 27.1 Å². The Morgan fingerprint density at radius 3 is 1.57 bits per heavy atom. The first-order chi connectivity index (χ1) is 41.0. The van der Waals surface area contributed by atoms with E-state index < -0.39 is 37.1 Å². The van der Waals surface area contributed by atoms with Crippen molar-refractivity contribution < 1.29 is 20.3 Å². The summed E-state index contributed by atoms with van der Waals surface area (Å²) in [4.78, 5) is 4.78. The van der Waals surface area contributed by atoms with Crippen LogP contribution in [0, 0.1) is 13.2 Å². The molecule has 0 bridgehead atoms. The first-order valence-corrected chi connectivity index (χ1v) is 27.9. The smallest absolute Gasteiger partial charge is 0.269 e. The molecule has 0 aliphatic rings. The summed E-state index contributed by atoms with van der Waals surface area (Å²) in [7, 11) is 0. The molecule has 0 radical (unpaired) electrons. The molecule has 5 nitrogen and oxygen atoms in total. The number of imidazole rings is 1. The maximum Gasteiger partial charge on any atom is 0.269 e. The molecule has 80 heavy (non-hydrogen) atoms. The predicted octanol–water partition coefficient (Wildman–Crippen LogP) is 19.8. The lowest BCUT2D eigenvalue weighted by molar-refractivity contribution is -0.571. The Morgan fingerprint density at radius 2 is 1.00 bits per heavy atom. The van der Waals surface area contributed by atoms with Crippen LogP contribution >= 0.6 is 0 Å². The minimum atomic E-state index is -2.75. The van der Waals surface area contributed by atoms with E-state index in [-0.39, 0.29) is 49.6 Å². The first kappa shape index (κ1) is 44.8. The Hall–Kier alpha value is -8.02. The molecule has 0 aliphatic heterocycles. The number of aromatic nitrogens is 4. The lowest BCUT2D eigenvalue weighted by Crippen LogP contribution is -2.32. The van der Waals surface area contributed by atoms with Crippen molar-refractivity contribution in [3.05, 3.63) is 222 Å². The van der Waals surface area contributed by atoms with Gasteiger partial charge >= 0.3 is 0 Å². The number of hydrogen-bond acceptors (Lipinski definition) is 2. The van der Waals surface area contributed by atoms with Crippen molar-refractivity contribution in [3.8, 4) is 62.1 Å². The normalized spacial score (nSPS) is 14.3. The van der Waals surface area contributed by atoms with Gasteiger partial charge in [-0.15, -0.1) is 0 Å². The topological polar surface area (TPSA) is 35.9 Å². The second kappa shape index (κ2) is 19.7. The van der Waals surface area contributed by atoms with Gasteiger partial charge in [0.25, 0.3) is 6.33 Å². The molecule has 3 heterocycles. The zero-order valence-electron chi connectivity index (χ0n) is 57.1. The molecule has 0 saturated heterocycles. The number of nitrogens with zero attached hydrogens (tertiary/aromatic N) is 4. The van der Waals surface area contributed by atoms with Gasteiger partial charge in [0, 0.05) is 32.7 Å². The third kappa shape index (κ3) is 10.3. The molecule has 0 unspecified atom stereocenters. The number of para-hydroxylation sites is 3. The maximum absolute atomic E-state index is 8.71. The van der Waals surface area contributed by atoms with Crippen LogP contribution in [0.2, 0.25) is 0 Å². The summed E-state index contributed by atoms with van der Waals surface area (Å²) < 4.78 is 81.4. The number of ether oxygens (including phenoxy) is 1. The van der Waals surface area contributed by atoms with Crippen molar-refractivity contribution in [1.82, 2.24) is 14.1 Å². The highest BCUT2D eigenvalue weighted by atomic mass is 16.5. The van der Waals surface area contributed by atoms with E-state index in [2.05, 4.69) is 198 Å². The molecule has 0 saturated carbocycles. The summed E-state index contributed by atoms with van der Waals surface area (Å²) >= 11 is 0. The van der Waals surface area contributed by atoms with Gasteiger partial charge in [0.05, 0.1) is 40.3 Å². The lowest BCUT2D eigenvalue weighted by Gasteiger charge is -2.30. The van der Waals surface area contributed by atoms with Crippen LogP contribution in [0.25, 0.3) is 83.4 Å². The van der Waals surface area contributed by atoms with E-state index >= 15 is 0 Å². The summed E-state index contributed by atoms with van der Waals surface area (Å²) in [6.45, 7) is 31.7. The largest absolute Gasteiger partial charge is 0.458 e. The molecular formula is C75H78N4O. The number of fused-ring (bicyclic) bond motifs is 4. The van der Waals surface area contributed by atoms with Gasteiger partial charge in [-0.1, -0.05) is 231 Å². The van der Waals surface area contributed by atoms with Crippen LogP contribution in [-0.4, -0.2) is 14.1 Å².